The van der Waals surface area contributed by atoms with Crippen molar-refractivity contribution >= 4 is 0 Å². The summed E-state index contributed by atoms with van der Waals surface area (Å²) < 4.78 is 6.18. The number of piperazine rings is 1. The fraction of sp³-hybridized carbons (Fsp3) is 1.00. The first-order chi connectivity index (χ1) is 8.70. The van der Waals surface area contributed by atoms with Crippen LogP contribution in [0.5, 0.6) is 0 Å². The zero-order chi connectivity index (χ0) is 14.3. The fourth-order valence-corrected chi connectivity index (χ4v) is 3.26. The van der Waals surface area contributed by atoms with Crippen LogP contribution in [0.2, 0.25) is 0 Å². The van der Waals surface area contributed by atoms with Crippen LogP contribution in [0.25, 0.3) is 0 Å². The highest BCUT2D eigenvalue weighted by molar-refractivity contribution is 4.95. The SMILES string of the molecule is CC(C)C1CN(CC2CCC(C)(C)O2)C(C)(C)CN1. The van der Waals surface area contributed by atoms with Gasteiger partial charge in [0, 0.05) is 31.2 Å². The average Bonchev–Trinajstić information content (AvgIpc) is 2.60. The molecule has 0 aliphatic carbocycles. The maximum absolute atomic E-state index is 6.18. The molecule has 2 unspecified atom stereocenters. The molecule has 3 heteroatoms. The van der Waals surface area contributed by atoms with Crippen molar-refractivity contribution in [3.05, 3.63) is 0 Å². The smallest absolute Gasteiger partial charge is 0.0710 e. The number of nitrogens with zero attached hydrogens (tertiary/aromatic N) is 1. The molecule has 0 aromatic heterocycles. The van der Waals surface area contributed by atoms with Gasteiger partial charge in [0.2, 0.25) is 0 Å². The highest BCUT2D eigenvalue weighted by atomic mass is 16.5. The molecule has 0 aromatic carbocycles. The maximum atomic E-state index is 6.18. The van der Waals surface area contributed by atoms with E-state index in [1.165, 1.54) is 12.8 Å². The molecule has 2 fully saturated rings. The minimum absolute atomic E-state index is 0.0836. The second kappa shape index (κ2) is 5.34. The van der Waals surface area contributed by atoms with E-state index in [0.717, 1.165) is 19.6 Å². The predicted octanol–water partition coefficient (Wildman–Crippen LogP) is 2.65. The molecule has 2 saturated heterocycles. The lowest BCUT2D eigenvalue weighted by Gasteiger charge is -2.48. The normalized spacial score (nSPS) is 34.9. The van der Waals surface area contributed by atoms with Crippen molar-refractivity contribution in [1.29, 1.82) is 0 Å². The summed E-state index contributed by atoms with van der Waals surface area (Å²) in [6.07, 6.45) is 2.82. The van der Waals surface area contributed by atoms with Crippen LogP contribution in [-0.4, -0.2) is 47.8 Å². The van der Waals surface area contributed by atoms with Gasteiger partial charge in [-0.3, -0.25) is 4.90 Å². The topological polar surface area (TPSA) is 24.5 Å². The number of hydrogen-bond donors (Lipinski definition) is 1. The van der Waals surface area contributed by atoms with Crippen LogP contribution in [0.4, 0.5) is 0 Å². The van der Waals surface area contributed by atoms with Gasteiger partial charge in [-0.25, -0.2) is 0 Å². The average molecular weight is 268 g/mol. The first-order valence-electron chi connectivity index (χ1n) is 7.86. The van der Waals surface area contributed by atoms with E-state index in [1.807, 2.05) is 0 Å². The summed E-state index contributed by atoms with van der Waals surface area (Å²) in [6, 6.07) is 0.613. The van der Waals surface area contributed by atoms with Gasteiger partial charge in [0.15, 0.2) is 0 Å². The van der Waals surface area contributed by atoms with Gasteiger partial charge in [0.05, 0.1) is 11.7 Å². The van der Waals surface area contributed by atoms with E-state index in [1.54, 1.807) is 0 Å². The van der Waals surface area contributed by atoms with E-state index < -0.39 is 0 Å². The lowest BCUT2D eigenvalue weighted by molar-refractivity contribution is -0.0513. The van der Waals surface area contributed by atoms with Crippen molar-refractivity contribution in [2.24, 2.45) is 5.92 Å². The summed E-state index contributed by atoms with van der Waals surface area (Å²) in [6.45, 7) is 17.0. The standard InChI is InChI=1S/C16H32N2O/c1-12(2)14-10-18(15(3,4)11-17-14)9-13-7-8-16(5,6)19-13/h12-14,17H,7-11H2,1-6H3. The zero-order valence-corrected chi connectivity index (χ0v) is 13.6. The highest BCUT2D eigenvalue weighted by Gasteiger charge is 2.39. The number of ether oxygens (including phenoxy) is 1. The van der Waals surface area contributed by atoms with Crippen molar-refractivity contribution in [3.8, 4) is 0 Å². The van der Waals surface area contributed by atoms with Crippen molar-refractivity contribution in [3.63, 3.8) is 0 Å². The summed E-state index contributed by atoms with van der Waals surface area (Å²) in [4.78, 5) is 2.64. The third kappa shape index (κ3) is 3.71. The van der Waals surface area contributed by atoms with Gasteiger partial charge in [-0.05, 0) is 46.5 Å². The van der Waals surface area contributed by atoms with Gasteiger partial charge < -0.3 is 10.1 Å². The van der Waals surface area contributed by atoms with Crippen LogP contribution < -0.4 is 5.32 Å². The lowest BCUT2D eigenvalue weighted by atomic mass is 9.92. The molecule has 2 heterocycles. The quantitative estimate of drug-likeness (QED) is 0.851. The zero-order valence-electron chi connectivity index (χ0n) is 13.6. The molecule has 0 aromatic rings. The first kappa shape index (κ1) is 15.3. The molecular formula is C16H32N2O. The molecule has 2 rings (SSSR count). The highest BCUT2D eigenvalue weighted by Crippen LogP contribution is 2.31. The van der Waals surface area contributed by atoms with Crippen LogP contribution in [0, 0.1) is 5.92 Å². The molecule has 2 atom stereocenters. The first-order valence-corrected chi connectivity index (χ1v) is 7.86. The maximum Gasteiger partial charge on any atom is 0.0710 e. The van der Waals surface area contributed by atoms with Crippen molar-refractivity contribution in [2.75, 3.05) is 19.6 Å². The Morgan fingerprint density at radius 1 is 1.26 bits per heavy atom. The molecule has 0 saturated carbocycles. The van der Waals surface area contributed by atoms with Crippen LogP contribution in [0.3, 0.4) is 0 Å². The molecule has 0 amide bonds. The lowest BCUT2D eigenvalue weighted by Crippen LogP contribution is -2.64. The van der Waals surface area contributed by atoms with Gasteiger partial charge in [-0.15, -0.1) is 0 Å². The van der Waals surface area contributed by atoms with Crippen molar-refractivity contribution in [1.82, 2.24) is 10.2 Å². The predicted molar refractivity (Wildman–Crippen MR) is 80.5 cm³/mol. The summed E-state index contributed by atoms with van der Waals surface area (Å²) in [5.41, 5.74) is 0.321. The summed E-state index contributed by atoms with van der Waals surface area (Å²) in [7, 11) is 0. The van der Waals surface area contributed by atoms with E-state index in [4.69, 9.17) is 4.74 Å². The van der Waals surface area contributed by atoms with Crippen molar-refractivity contribution < 1.29 is 4.74 Å². The molecule has 3 nitrogen and oxygen atoms in total. The van der Waals surface area contributed by atoms with E-state index in [9.17, 15) is 0 Å². The molecule has 112 valence electrons. The van der Waals surface area contributed by atoms with Crippen LogP contribution >= 0.6 is 0 Å². The van der Waals surface area contributed by atoms with Gasteiger partial charge >= 0.3 is 0 Å². The van der Waals surface area contributed by atoms with E-state index >= 15 is 0 Å². The Hall–Kier alpha value is -0.120. The van der Waals surface area contributed by atoms with Gasteiger partial charge in [-0.2, -0.15) is 0 Å². The van der Waals surface area contributed by atoms with Gasteiger partial charge in [0.25, 0.3) is 0 Å². The Bertz CT molecular complexity index is 312. The summed E-state index contributed by atoms with van der Waals surface area (Å²) in [5.74, 6) is 0.694. The Labute approximate surface area is 119 Å². The molecule has 2 aliphatic heterocycles. The summed E-state index contributed by atoms with van der Waals surface area (Å²) in [5, 5.41) is 3.70. The van der Waals surface area contributed by atoms with Gasteiger partial charge in [-0.1, -0.05) is 13.8 Å². The fourth-order valence-electron chi connectivity index (χ4n) is 3.26. The molecule has 0 radical (unpaired) electrons. The third-order valence-corrected chi connectivity index (χ3v) is 4.85. The van der Waals surface area contributed by atoms with Crippen LogP contribution in [-0.2, 0) is 4.74 Å². The molecular weight excluding hydrogens is 236 g/mol. The Balaban J connectivity index is 1.96. The van der Waals surface area contributed by atoms with Gasteiger partial charge in [0.1, 0.15) is 0 Å². The minimum atomic E-state index is 0.0836. The Morgan fingerprint density at radius 2 is 1.95 bits per heavy atom. The number of nitrogens with one attached hydrogen (secondary N) is 1. The Kier molecular flexibility index (Phi) is 4.29. The molecule has 1 N–H and O–H groups in total. The number of hydrogen-bond acceptors (Lipinski definition) is 3. The molecule has 0 bridgehead atoms. The van der Waals surface area contributed by atoms with E-state index in [2.05, 4.69) is 51.8 Å². The second-order valence-corrected chi connectivity index (χ2v) is 7.99. The minimum Gasteiger partial charge on any atom is -0.371 e. The van der Waals surface area contributed by atoms with E-state index in [-0.39, 0.29) is 11.1 Å². The summed E-state index contributed by atoms with van der Waals surface area (Å²) >= 11 is 0. The van der Waals surface area contributed by atoms with E-state index in [0.29, 0.717) is 18.1 Å². The van der Waals surface area contributed by atoms with Crippen LogP contribution in [0.15, 0.2) is 0 Å². The number of rotatable bonds is 3. The Morgan fingerprint density at radius 3 is 2.47 bits per heavy atom. The van der Waals surface area contributed by atoms with Crippen LogP contribution in [0.1, 0.15) is 54.4 Å². The second-order valence-electron chi connectivity index (χ2n) is 7.99. The largest absolute Gasteiger partial charge is 0.371 e. The molecule has 19 heavy (non-hydrogen) atoms. The molecule has 2 aliphatic rings. The monoisotopic (exact) mass is 268 g/mol. The molecule has 0 spiro atoms. The third-order valence-electron chi connectivity index (χ3n) is 4.85. The van der Waals surface area contributed by atoms with Crippen molar-refractivity contribution in [2.45, 2.75) is 77.7 Å².